The molecular weight excluding hydrogens is 118 g/mol. The van der Waals surface area contributed by atoms with Crippen LogP contribution in [0.4, 0.5) is 0 Å². The van der Waals surface area contributed by atoms with Gasteiger partial charge in [0.15, 0.2) is 0 Å². The summed E-state index contributed by atoms with van der Waals surface area (Å²) in [5, 5.41) is 17.1. The summed E-state index contributed by atoms with van der Waals surface area (Å²) < 4.78 is 0. The quantitative estimate of drug-likeness (QED) is 0.573. The minimum Gasteiger partial charge on any atom is -0.289 e. The van der Waals surface area contributed by atoms with Crippen LogP contribution >= 0.6 is 0 Å². The summed E-state index contributed by atoms with van der Waals surface area (Å²) in [5.74, 6) is 0. The molecule has 0 aliphatic carbocycles. The zero-order valence-electron chi connectivity index (χ0n) is 6.04. The summed E-state index contributed by atoms with van der Waals surface area (Å²) in [5.41, 5.74) is 0. The molecule has 0 bridgehead atoms. The van der Waals surface area contributed by atoms with E-state index < -0.39 is 0 Å². The molecule has 0 aliphatic heterocycles. The van der Waals surface area contributed by atoms with Gasteiger partial charge in [-0.3, -0.25) is 10.4 Å². The lowest BCUT2D eigenvalue weighted by molar-refractivity contribution is -0.329. The molecule has 1 atom stereocenters. The van der Waals surface area contributed by atoms with E-state index in [1.54, 1.807) is 6.92 Å². The van der Waals surface area contributed by atoms with Crippen LogP contribution in [-0.4, -0.2) is 21.7 Å². The first-order chi connectivity index (χ1) is 4.18. The van der Waals surface area contributed by atoms with Crippen LogP contribution in [-0.2, 0) is 0 Å². The van der Waals surface area contributed by atoms with E-state index in [2.05, 4.69) is 6.92 Å². The minimum absolute atomic E-state index is 0.134. The molecule has 0 spiro atoms. The highest BCUT2D eigenvalue weighted by atomic mass is 16.8. The summed E-state index contributed by atoms with van der Waals surface area (Å²) >= 11 is 0. The first-order valence-corrected chi connectivity index (χ1v) is 3.35. The Labute approximate surface area is 55.8 Å². The highest BCUT2D eigenvalue weighted by Gasteiger charge is 2.05. The van der Waals surface area contributed by atoms with Crippen molar-refractivity contribution in [3.05, 3.63) is 0 Å². The Bertz CT molecular complexity index is 66.1. The number of rotatable bonds is 4. The van der Waals surface area contributed by atoms with Gasteiger partial charge in [0.05, 0.1) is 6.04 Å². The van der Waals surface area contributed by atoms with Crippen LogP contribution in [0.2, 0.25) is 0 Å². The molecule has 1 unspecified atom stereocenters. The number of nitrogens with zero attached hydrogens (tertiary/aromatic N) is 1. The minimum atomic E-state index is -0.134. The zero-order chi connectivity index (χ0) is 7.28. The van der Waals surface area contributed by atoms with Crippen molar-refractivity contribution in [2.45, 2.75) is 39.2 Å². The molecule has 0 saturated heterocycles. The predicted octanol–water partition coefficient (Wildman–Crippen LogP) is 1.65. The summed E-state index contributed by atoms with van der Waals surface area (Å²) in [7, 11) is 0. The smallest absolute Gasteiger partial charge is 0.0595 e. The first kappa shape index (κ1) is 8.88. The van der Waals surface area contributed by atoms with Gasteiger partial charge in [-0.15, -0.1) is 0 Å². The molecule has 0 saturated carbocycles. The van der Waals surface area contributed by atoms with Crippen LogP contribution in [0.5, 0.6) is 0 Å². The van der Waals surface area contributed by atoms with E-state index in [9.17, 15) is 0 Å². The van der Waals surface area contributed by atoms with Crippen LogP contribution in [0.25, 0.3) is 0 Å². The fourth-order valence-electron chi connectivity index (χ4n) is 0.615. The van der Waals surface area contributed by atoms with Crippen LogP contribution in [0.3, 0.4) is 0 Å². The fourth-order valence-corrected chi connectivity index (χ4v) is 0.615. The van der Waals surface area contributed by atoms with Gasteiger partial charge in [0.1, 0.15) is 0 Å². The SMILES string of the molecule is CCCCC(C)N(O)O. The molecule has 3 heteroatoms. The molecular formula is C6H15NO2. The van der Waals surface area contributed by atoms with Crippen LogP contribution in [0.1, 0.15) is 33.1 Å². The van der Waals surface area contributed by atoms with Gasteiger partial charge in [-0.1, -0.05) is 25.0 Å². The third-order valence-corrected chi connectivity index (χ3v) is 1.37. The Morgan fingerprint density at radius 3 is 2.33 bits per heavy atom. The van der Waals surface area contributed by atoms with Gasteiger partial charge in [-0.05, 0) is 13.3 Å². The lowest BCUT2D eigenvalue weighted by Gasteiger charge is -2.14. The van der Waals surface area contributed by atoms with Crippen molar-refractivity contribution in [2.24, 2.45) is 0 Å². The summed E-state index contributed by atoms with van der Waals surface area (Å²) in [4.78, 5) is 0. The van der Waals surface area contributed by atoms with Crippen molar-refractivity contribution in [3.8, 4) is 0 Å². The lowest BCUT2D eigenvalue weighted by atomic mass is 10.1. The maximum atomic E-state index is 8.44. The average Bonchev–Trinajstić information content (AvgIpc) is 1.82. The molecule has 0 aliphatic rings. The van der Waals surface area contributed by atoms with E-state index in [0.29, 0.717) is 0 Å². The molecule has 0 amide bonds. The molecule has 56 valence electrons. The molecule has 2 N–H and O–H groups in total. The second kappa shape index (κ2) is 4.73. The number of hydroxylamine groups is 2. The van der Waals surface area contributed by atoms with E-state index >= 15 is 0 Å². The lowest BCUT2D eigenvalue weighted by Crippen LogP contribution is -2.25. The highest BCUT2D eigenvalue weighted by molar-refractivity contribution is 4.51. The standard InChI is InChI=1S/C6H15NO2/c1-3-4-5-6(2)7(8)9/h6,8-9H,3-5H2,1-2H3. The normalized spacial score (nSPS) is 14.3. The fraction of sp³-hybridized carbons (Fsp3) is 1.00. The van der Waals surface area contributed by atoms with E-state index in [1.807, 2.05) is 0 Å². The Morgan fingerprint density at radius 1 is 1.44 bits per heavy atom. The second-order valence-electron chi connectivity index (χ2n) is 2.31. The zero-order valence-corrected chi connectivity index (χ0v) is 6.04. The van der Waals surface area contributed by atoms with Crippen molar-refractivity contribution in [2.75, 3.05) is 0 Å². The Hall–Kier alpha value is -0.120. The summed E-state index contributed by atoms with van der Waals surface area (Å²) in [6.07, 6.45) is 2.97. The molecule has 0 radical (unpaired) electrons. The third-order valence-electron chi connectivity index (χ3n) is 1.37. The number of hydrogen-bond donors (Lipinski definition) is 2. The largest absolute Gasteiger partial charge is 0.289 e. The van der Waals surface area contributed by atoms with Crippen molar-refractivity contribution in [3.63, 3.8) is 0 Å². The summed E-state index contributed by atoms with van der Waals surface area (Å²) in [6, 6.07) is -0.134. The second-order valence-corrected chi connectivity index (χ2v) is 2.31. The molecule has 9 heavy (non-hydrogen) atoms. The highest BCUT2D eigenvalue weighted by Crippen LogP contribution is 2.02. The van der Waals surface area contributed by atoms with Gasteiger partial charge in [0.2, 0.25) is 0 Å². The maximum absolute atomic E-state index is 8.44. The van der Waals surface area contributed by atoms with Gasteiger partial charge in [0, 0.05) is 0 Å². The molecule has 0 aromatic carbocycles. The topological polar surface area (TPSA) is 43.7 Å². The third kappa shape index (κ3) is 4.39. The molecule has 3 nitrogen and oxygen atoms in total. The van der Waals surface area contributed by atoms with Crippen molar-refractivity contribution < 1.29 is 10.4 Å². The molecule has 0 aromatic rings. The monoisotopic (exact) mass is 133 g/mol. The van der Waals surface area contributed by atoms with Gasteiger partial charge in [-0.25, -0.2) is 0 Å². The molecule has 0 fully saturated rings. The molecule has 0 rings (SSSR count). The summed E-state index contributed by atoms with van der Waals surface area (Å²) in [6.45, 7) is 3.85. The number of unbranched alkanes of at least 4 members (excludes halogenated alkanes) is 1. The van der Waals surface area contributed by atoms with Crippen molar-refractivity contribution in [1.29, 1.82) is 0 Å². The van der Waals surface area contributed by atoms with E-state index in [4.69, 9.17) is 10.4 Å². The predicted molar refractivity (Wildman–Crippen MR) is 34.4 cm³/mol. The van der Waals surface area contributed by atoms with Gasteiger partial charge in [-0.2, -0.15) is 0 Å². The average molecular weight is 133 g/mol. The van der Waals surface area contributed by atoms with Crippen LogP contribution < -0.4 is 0 Å². The van der Waals surface area contributed by atoms with E-state index in [0.717, 1.165) is 19.3 Å². The molecule has 0 heterocycles. The van der Waals surface area contributed by atoms with Crippen molar-refractivity contribution in [1.82, 2.24) is 5.23 Å². The van der Waals surface area contributed by atoms with E-state index in [1.165, 1.54) is 0 Å². The van der Waals surface area contributed by atoms with Gasteiger partial charge < -0.3 is 0 Å². The first-order valence-electron chi connectivity index (χ1n) is 3.35. The van der Waals surface area contributed by atoms with Crippen molar-refractivity contribution >= 4 is 0 Å². The Kier molecular flexibility index (Phi) is 4.67. The maximum Gasteiger partial charge on any atom is 0.0595 e. The van der Waals surface area contributed by atoms with E-state index in [-0.39, 0.29) is 11.3 Å². The van der Waals surface area contributed by atoms with Gasteiger partial charge >= 0.3 is 0 Å². The van der Waals surface area contributed by atoms with Gasteiger partial charge in [0.25, 0.3) is 0 Å². The Balaban J connectivity index is 3.16. The van der Waals surface area contributed by atoms with Crippen LogP contribution in [0, 0.1) is 0 Å². The molecule has 0 aromatic heterocycles. The number of hydrogen-bond acceptors (Lipinski definition) is 3. The Morgan fingerprint density at radius 2 is 2.00 bits per heavy atom. The van der Waals surface area contributed by atoms with Crippen LogP contribution in [0.15, 0.2) is 0 Å².